The molecule has 0 radical (unpaired) electrons. The van der Waals surface area contributed by atoms with E-state index in [1.165, 1.54) is 77.7 Å². The predicted molar refractivity (Wildman–Crippen MR) is 192 cm³/mol. The summed E-state index contributed by atoms with van der Waals surface area (Å²) in [5, 5.41) is 0. The van der Waals surface area contributed by atoms with E-state index >= 15 is 0 Å². The molecule has 0 aliphatic carbocycles. The minimum atomic E-state index is -0.720. The van der Waals surface area contributed by atoms with Gasteiger partial charge in [-0.25, -0.2) is 14.3 Å². The quantitative estimate of drug-likeness (QED) is 0.0711. The molecule has 0 aliphatic rings. The van der Waals surface area contributed by atoms with E-state index in [0.717, 1.165) is 33.8 Å². The Morgan fingerprint density at radius 3 is 2.02 bits per heavy atom. The Morgan fingerprint density at radius 2 is 1.41 bits per heavy atom. The van der Waals surface area contributed by atoms with E-state index in [1.807, 2.05) is 48.3 Å². The van der Waals surface area contributed by atoms with Crippen LogP contribution in [0.5, 0.6) is 11.5 Å². The number of aromatic nitrogens is 1. The number of pyridine rings is 1. The van der Waals surface area contributed by atoms with Gasteiger partial charge in [0.25, 0.3) is 5.91 Å². The van der Waals surface area contributed by atoms with Crippen molar-refractivity contribution in [1.29, 1.82) is 0 Å². The largest absolute Gasteiger partial charge is 1.00 e. The summed E-state index contributed by atoms with van der Waals surface area (Å²) in [5.41, 5.74) is 2.82. The van der Waals surface area contributed by atoms with Gasteiger partial charge < -0.3 is 38.2 Å². The lowest BCUT2D eigenvalue weighted by atomic mass is 9.85. The lowest BCUT2D eigenvalue weighted by Crippen LogP contribution is -3.00. The van der Waals surface area contributed by atoms with Crippen molar-refractivity contribution in [1.82, 2.24) is 4.90 Å². The Hall–Kier alpha value is -3.14. The number of aryl methyl sites for hydroxylation is 1. The molecule has 3 rings (SSSR count). The molecule has 1 heterocycles. The minimum absolute atomic E-state index is 0. The number of nitrogens with zero attached hydrogens (tertiary/aromatic N) is 2. The lowest BCUT2D eigenvalue weighted by Gasteiger charge is -2.24. The van der Waals surface area contributed by atoms with E-state index in [2.05, 4.69) is 33.8 Å². The standard InChI is InChI=1S/C41H59N2O5.HI/c1-7-8-9-10-11-12-13-14-15-16-17-20-28-47-38-26-25-33(29-36(38)41(2,3)4)32-48-40(45)43(31-34-22-21-27-42(5)30-34)39(44)35-23-18-19-24-37(35)46-6;/h18-19,21-27,29-30H,7-17,20,28,31-32H2,1-6H3;1H/q+1;/p-1. The van der Waals surface area contributed by atoms with Crippen molar-refractivity contribution < 1.29 is 52.3 Å². The monoisotopic (exact) mass is 786 g/mol. The average molecular weight is 787 g/mol. The highest BCUT2D eigenvalue weighted by atomic mass is 127. The molecule has 0 saturated carbocycles. The molecule has 0 bridgehead atoms. The van der Waals surface area contributed by atoms with Crippen molar-refractivity contribution in [2.75, 3.05) is 13.7 Å². The van der Waals surface area contributed by atoms with Crippen molar-refractivity contribution in [3.63, 3.8) is 0 Å². The fourth-order valence-electron chi connectivity index (χ4n) is 5.84. The minimum Gasteiger partial charge on any atom is -1.00 e. The number of unbranched alkanes of at least 4 members (excludes halogenated alkanes) is 11. The third-order valence-corrected chi connectivity index (χ3v) is 8.61. The lowest BCUT2D eigenvalue weighted by molar-refractivity contribution is -0.672. The summed E-state index contributed by atoms with van der Waals surface area (Å²) in [4.78, 5) is 28.3. The molecule has 7 nitrogen and oxygen atoms in total. The summed E-state index contributed by atoms with van der Waals surface area (Å²) in [6.07, 6.45) is 18.8. The maximum atomic E-state index is 13.7. The van der Waals surface area contributed by atoms with Crippen LogP contribution in [0.4, 0.5) is 4.79 Å². The molecular formula is C41H59IN2O5. The van der Waals surface area contributed by atoms with Gasteiger partial charge in [0, 0.05) is 11.6 Å². The Labute approximate surface area is 312 Å². The van der Waals surface area contributed by atoms with Crippen molar-refractivity contribution >= 4 is 12.0 Å². The summed E-state index contributed by atoms with van der Waals surface area (Å²) >= 11 is 0. The molecule has 270 valence electrons. The zero-order chi connectivity index (χ0) is 34.8. The summed E-state index contributed by atoms with van der Waals surface area (Å²) in [7, 11) is 3.40. The molecular weight excluding hydrogens is 727 g/mol. The van der Waals surface area contributed by atoms with Gasteiger partial charge >= 0.3 is 6.09 Å². The average Bonchev–Trinajstić information content (AvgIpc) is 3.07. The van der Waals surface area contributed by atoms with Crippen LogP contribution < -0.4 is 38.0 Å². The molecule has 3 aromatic rings. The van der Waals surface area contributed by atoms with Crippen molar-refractivity contribution in [2.45, 2.75) is 123 Å². The van der Waals surface area contributed by atoms with Gasteiger partial charge in [-0.15, -0.1) is 0 Å². The van der Waals surface area contributed by atoms with Crippen LogP contribution in [0.15, 0.2) is 67.0 Å². The highest BCUT2D eigenvalue weighted by molar-refractivity contribution is 6.04. The fourth-order valence-corrected chi connectivity index (χ4v) is 5.84. The molecule has 2 amide bonds. The maximum Gasteiger partial charge on any atom is 0.417 e. The molecule has 8 heteroatoms. The molecule has 0 unspecified atom stereocenters. The van der Waals surface area contributed by atoms with E-state index in [9.17, 15) is 9.59 Å². The van der Waals surface area contributed by atoms with Gasteiger partial charge in [0.1, 0.15) is 25.2 Å². The van der Waals surface area contributed by atoms with Gasteiger partial charge in [-0.1, -0.05) is 117 Å². The van der Waals surface area contributed by atoms with Crippen LogP contribution in [0.2, 0.25) is 0 Å². The third-order valence-electron chi connectivity index (χ3n) is 8.61. The van der Waals surface area contributed by atoms with Crippen molar-refractivity contribution in [2.24, 2.45) is 7.05 Å². The van der Waals surface area contributed by atoms with E-state index in [1.54, 1.807) is 24.3 Å². The Morgan fingerprint density at radius 1 is 0.776 bits per heavy atom. The topological polar surface area (TPSA) is 69.0 Å². The number of imide groups is 1. The molecule has 0 saturated heterocycles. The smallest absolute Gasteiger partial charge is 0.417 e. The Balaban J connectivity index is 0.00000833. The molecule has 0 aliphatic heterocycles. The molecule has 2 aromatic carbocycles. The highest BCUT2D eigenvalue weighted by Crippen LogP contribution is 2.33. The zero-order valence-electron chi connectivity index (χ0n) is 30.8. The number of rotatable bonds is 20. The SMILES string of the molecule is CCCCCCCCCCCCCCOc1ccc(COC(=O)N(Cc2ccc[n+](C)c2)C(=O)c2ccccc2OC)cc1C(C)(C)C.[I-]. The molecule has 0 spiro atoms. The second-order valence-electron chi connectivity index (χ2n) is 13.8. The summed E-state index contributed by atoms with van der Waals surface area (Å²) in [6, 6.07) is 16.6. The summed E-state index contributed by atoms with van der Waals surface area (Å²) < 4.78 is 19.3. The highest BCUT2D eigenvalue weighted by Gasteiger charge is 2.28. The van der Waals surface area contributed by atoms with Crippen LogP contribution in [-0.2, 0) is 30.4 Å². The fraction of sp³-hybridized carbons (Fsp3) is 0.537. The van der Waals surface area contributed by atoms with Crippen LogP contribution in [0.3, 0.4) is 0 Å². The van der Waals surface area contributed by atoms with Gasteiger partial charge in [0.15, 0.2) is 12.4 Å². The first kappa shape index (κ1) is 42.0. The van der Waals surface area contributed by atoms with Crippen LogP contribution in [0.1, 0.15) is 132 Å². The van der Waals surface area contributed by atoms with E-state index in [-0.39, 0.29) is 42.5 Å². The van der Waals surface area contributed by atoms with E-state index in [4.69, 9.17) is 14.2 Å². The predicted octanol–water partition coefficient (Wildman–Crippen LogP) is 6.88. The number of methoxy groups -OCH3 is 1. The van der Waals surface area contributed by atoms with Crippen LogP contribution in [0, 0.1) is 0 Å². The van der Waals surface area contributed by atoms with E-state index in [0.29, 0.717) is 17.9 Å². The molecule has 0 atom stereocenters. The number of para-hydroxylation sites is 1. The Bertz CT molecular complexity index is 1420. The molecule has 0 fully saturated rings. The molecule has 0 N–H and O–H groups in total. The number of hydrogen-bond donors (Lipinski definition) is 0. The first-order valence-corrected chi connectivity index (χ1v) is 18.0. The summed E-state index contributed by atoms with van der Waals surface area (Å²) in [5.74, 6) is 0.777. The summed E-state index contributed by atoms with van der Waals surface area (Å²) in [6.45, 7) is 9.51. The second kappa shape index (κ2) is 22.6. The van der Waals surface area contributed by atoms with Gasteiger partial charge in [0.2, 0.25) is 0 Å². The maximum absolute atomic E-state index is 13.7. The number of ether oxygens (including phenoxy) is 3. The number of amides is 2. The molecule has 49 heavy (non-hydrogen) atoms. The number of carbonyl (C=O) groups excluding carboxylic acids is 2. The van der Waals surface area contributed by atoms with E-state index < -0.39 is 12.0 Å². The van der Waals surface area contributed by atoms with Gasteiger partial charge in [0.05, 0.1) is 25.8 Å². The number of carbonyl (C=O) groups is 2. The van der Waals surface area contributed by atoms with Crippen LogP contribution in [-0.4, -0.2) is 30.6 Å². The van der Waals surface area contributed by atoms with Crippen molar-refractivity contribution in [3.8, 4) is 11.5 Å². The van der Waals surface area contributed by atoms with Crippen LogP contribution >= 0.6 is 0 Å². The van der Waals surface area contributed by atoms with Crippen LogP contribution in [0.25, 0.3) is 0 Å². The second-order valence-corrected chi connectivity index (χ2v) is 13.8. The number of halogens is 1. The van der Waals surface area contributed by atoms with Gasteiger partial charge in [-0.3, -0.25) is 4.79 Å². The first-order valence-electron chi connectivity index (χ1n) is 18.0. The van der Waals surface area contributed by atoms with Gasteiger partial charge in [-0.2, -0.15) is 0 Å². The number of benzene rings is 2. The molecule has 1 aromatic heterocycles. The Kier molecular flexibility index (Phi) is 19.3. The number of hydrogen-bond acceptors (Lipinski definition) is 5. The normalized spacial score (nSPS) is 11.1. The van der Waals surface area contributed by atoms with Crippen molar-refractivity contribution in [3.05, 3.63) is 89.2 Å². The third kappa shape index (κ3) is 14.7. The zero-order valence-corrected chi connectivity index (χ0v) is 32.9. The first-order chi connectivity index (χ1) is 23.1. The van der Waals surface area contributed by atoms with Gasteiger partial charge in [-0.05, 0) is 53.3 Å².